The third-order valence-corrected chi connectivity index (χ3v) is 9.36. The number of methoxy groups -OCH3 is 2. The molecule has 2 aliphatic heterocycles. The summed E-state index contributed by atoms with van der Waals surface area (Å²) in [6, 6.07) is 1.35. The Labute approximate surface area is 327 Å². The Balaban J connectivity index is 0.00000338. The molecule has 0 spiro atoms. The van der Waals surface area contributed by atoms with Gasteiger partial charge in [0.25, 0.3) is 5.56 Å². The van der Waals surface area contributed by atoms with Crippen molar-refractivity contribution in [2.75, 3.05) is 52.1 Å². The van der Waals surface area contributed by atoms with Gasteiger partial charge in [-0.2, -0.15) is 9.97 Å². The van der Waals surface area contributed by atoms with E-state index in [1.807, 2.05) is 0 Å². The van der Waals surface area contributed by atoms with Gasteiger partial charge >= 0.3 is 72.6 Å². The molecule has 266 valence electrons. The fourth-order valence-corrected chi connectivity index (χ4v) is 7.04. The minimum atomic E-state index is -5.53. The first-order valence-electron chi connectivity index (χ1n) is 14.1. The van der Waals surface area contributed by atoms with Crippen molar-refractivity contribution in [3.05, 3.63) is 39.4 Å². The van der Waals surface area contributed by atoms with Crippen LogP contribution in [0.15, 0.2) is 28.2 Å². The van der Waals surface area contributed by atoms with Crippen LogP contribution in [0, 0.1) is 0 Å². The van der Waals surface area contributed by atoms with Crippen LogP contribution in [-0.2, 0) is 41.6 Å². The van der Waals surface area contributed by atoms with Crippen LogP contribution in [0.5, 0.6) is 0 Å². The maximum absolute atomic E-state index is 14.2. The standard InChI is InChI=1S/C23H35N9O14P2.2Na/c1-40-6-4-27-47(36,42-8-11-7-12(33)20(44-11)31-5-3-14(24)28-23(31)35)46-16-13(9-43-48(37,38)39)45-21(17(16)41-2)32-10-26-15-18(32)29-22(25)30-19(15)34;;/h3,5,10-13,16-17,20-21,33H,4,6-9H2,1-2H3,(H,27,36)(H2,24,28,35)(H2,37,38,39)(H3,25,29,30,34);;/q;2*+1/p-2/t11-,12+,13+,16+,17+,20+,21+,47-;;/m0../s1. The monoisotopic (exact) mass is 767 g/mol. The zero-order chi connectivity index (χ0) is 34.8. The number of aromatic nitrogens is 6. The van der Waals surface area contributed by atoms with Crippen LogP contribution in [0.4, 0.5) is 11.8 Å². The molecular weight excluding hydrogens is 734 g/mol. The molecule has 0 aliphatic carbocycles. The second-order valence-corrected chi connectivity index (χ2v) is 13.5. The third kappa shape index (κ3) is 10.3. The van der Waals surface area contributed by atoms with E-state index in [-0.39, 0.29) is 102 Å². The smallest absolute Gasteiger partial charge is 0.790 e. The first-order valence-corrected chi connectivity index (χ1v) is 17.1. The Hall–Kier alpha value is -1.15. The molecule has 0 saturated carbocycles. The number of hydrogen-bond donors (Lipinski definition) is 5. The molecule has 3 aromatic rings. The number of H-pyrrole nitrogens is 1. The number of nitrogen functional groups attached to an aromatic ring is 2. The number of ether oxygens (including phenoxy) is 4. The van der Waals surface area contributed by atoms with Gasteiger partial charge in [-0.1, -0.05) is 0 Å². The van der Waals surface area contributed by atoms with Gasteiger partial charge < -0.3 is 54.4 Å². The minimum Gasteiger partial charge on any atom is -0.790 e. The largest absolute Gasteiger partial charge is 1.00 e. The predicted molar refractivity (Wildman–Crippen MR) is 157 cm³/mol. The molecule has 3 aromatic heterocycles. The van der Waals surface area contributed by atoms with E-state index in [1.165, 1.54) is 37.4 Å². The van der Waals surface area contributed by atoms with Crippen molar-refractivity contribution in [1.82, 2.24) is 34.2 Å². The molecular formula is C23H33N9Na2O14P2. The van der Waals surface area contributed by atoms with Gasteiger partial charge in [-0.15, -0.1) is 0 Å². The van der Waals surface area contributed by atoms with E-state index >= 15 is 0 Å². The summed E-state index contributed by atoms with van der Waals surface area (Å²) in [6.45, 7) is -1.35. The molecule has 2 aliphatic rings. The molecule has 5 heterocycles. The number of rotatable bonds is 15. The van der Waals surface area contributed by atoms with E-state index in [0.717, 1.165) is 4.57 Å². The van der Waals surface area contributed by atoms with Crippen LogP contribution < -0.4 is 96.7 Å². The number of nitrogens with zero attached hydrogens (tertiary/aromatic N) is 5. The number of aliphatic hydroxyl groups is 1. The van der Waals surface area contributed by atoms with Crippen molar-refractivity contribution >= 4 is 38.5 Å². The van der Waals surface area contributed by atoms with Crippen LogP contribution in [0.3, 0.4) is 0 Å². The predicted octanol–water partition coefficient (Wildman–Crippen LogP) is -9.30. The number of fused-ring (bicyclic) bond motifs is 1. The Kier molecular flexibility index (Phi) is 15.8. The number of phosphoric acid groups is 1. The maximum Gasteiger partial charge on any atom is 1.00 e. The number of aromatic amines is 1. The summed E-state index contributed by atoms with van der Waals surface area (Å²) in [5.41, 5.74) is 9.67. The molecule has 5 rings (SSSR count). The molecule has 7 N–H and O–H groups in total. The van der Waals surface area contributed by atoms with E-state index in [9.17, 15) is 33.6 Å². The van der Waals surface area contributed by atoms with E-state index in [2.05, 4.69) is 29.5 Å². The van der Waals surface area contributed by atoms with Crippen molar-refractivity contribution in [1.29, 1.82) is 0 Å². The van der Waals surface area contributed by atoms with Gasteiger partial charge in [0.05, 0.1) is 40.1 Å². The summed E-state index contributed by atoms with van der Waals surface area (Å²) < 4.78 is 66.4. The van der Waals surface area contributed by atoms with E-state index in [0.29, 0.717) is 0 Å². The van der Waals surface area contributed by atoms with Gasteiger partial charge in [-0.3, -0.25) is 28.0 Å². The molecule has 50 heavy (non-hydrogen) atoms. The molecule has 0 radical (unpaired) electrons. The van der Waals surface area contributed by atoms with Crippen molar-refractivity contribution < 1.29 is 116 Å². The Morgan fingerprint density at radius 2 is 1.82 bits per heavy atom. The van der Waals surface area contributed by atoms with Gasteiger partial charge in [0.1, 0.15) is 30.2 Å². The second kappa shape index (κ2) is 18.3. The topological polar surface area (TPSA) is 328 Å². The van der Waals surface area contributed by atoms with Gasteiger partial charge in [-0.05, 0) is 6.07 Å². The van der Waals surface area contributed by atoms with Gasteiger partial charge in [0, 0.05) is 33.4 Å². The molecule has 0 aromatic carbocycles. The average molecular weight is 767 g/mol. The third-order valence-electron chi connectivity index (χ3n) is 7.27. The summed E-state index contributed by atoms with van der Waals surface area (Å²) >= 11 is 0. The van der Waals surface area contributed by atoms with Crippen molar-refractivity contribution in [2.45, 2.75) is 49.4 Å². The number of aliphatic hydroxyl groups excluding tert-OH is 1. The molecule has 2 saturated heterocycles. The van der Waals surface area contributed by atoms with Gasteiger partial charge in [-0.25, -0.2) is 19.4 Å². The van der Waals surface area contributed by atoms with Crippen molar-refractivity contribution in [3.8, 4) is 0 Å². The van der Waals surface area contributed by atoms with Crippen molar-refractivity contribution in [3.63, 3.8) is 0 Å². The average Bonchev–Trinajstić information content (AvgIpc) is 3.69. The van der Waals surface area contributed by atoms with Gasteiger partial charge in [0.15, 0.2) is 23.6 Å². The quantitative estimate of drug-likeness (QED) is 0.0544. The van der Waals surface area contributed by atoms with Crippen LogP contribution in [0.2, 0.25) is 0 Å². The Morgan fingerprint density at radius 3 is 2.48 bits per heavy atom. The summed E-state index contributed by atoms with van der Waals surface area (Å²) in [7, 11) is -7.33. The van der Waals surface area contributed by atoms with Crippen LogP contribution in [0.1, 0.15) is 18.9 Å². The molecule has 0 unspecified atom stereocenters. The molecule has 27 heteroatoms. The normalized spacial score (nSPS) is 26.4. The van der Waals surface area contributed by atoms with Gasteiger partial charge in [0.2, 0.25) is 5.95 Å². The number of anilines is 2. The first-order chi connectivity index (χ1) is 22.7. The van der Waals surface area contributed by atoms with Crippen molar-refractivity contribution in [2.24, 2.45) is 0 Å². The molecule has 2 fully saturated rings. The maximum atomic E-state index is 14.2. The Bertz CT molecular complexity index is 1810. The summed E-state index contributed by atoms with van der Waals surface area (Å²) in [5.74, 6) is -0.268. The summed E-state index contributed by atoms with van der Waals surface area (Å²) in [5, 5.41) is 13.2. The first kappa shape index (κ1) is 43.3. The number of imidazole rings is 1. The fraction of sp³-hybridized carbons (Fsp3) is 0.609. The molecule has 8 atom stereocenters. The number of nitrogens with one attached hydrogen (secondary N) is 2. The van der Waals surface area contributed by atoms with E-state index in [1.54, 1.807) is 0 Å². The minimum absolute atomic E-state index is 0. The molecule has 0 bridgehead atoms. The zero-order valence-corrected chi connectivity index (χ0v) is 33.1. The summed E-state index contributed by atoms with van der Waals surface area (Å²) in [4.78, 5) is 61.5. The zero-order valence-electron chi connectivity index (χ0n) is 27.3. The number of hydrogen-bond acceptors (Lipinski definition) is 19. The summed E-state index contributed by atoms with van der Waals surface area (Å²) in [6.07, 6.45) is -6.20. The number of phosphoric ester groups is 1. The fourth-order valence-electron chi connectivity index (χ4n) is 5.18. The molecule has 23 nitrogen and oxygen atoms in total. The SMILES string of the molecule is COCCN[P@](=O)(OC[C@@H]1C[C@@H](O)[C@H](n2ccc(N)nc2=O)O1)O[C@H]1[C@@H](OC)[C@H](n2cnc3c(=O)[nH]c(N)nc32)O[C@@H]1COP(=O)([O-])[O-].[Na+].[Na+]. The molecule has 0 amide bonds. The Morgan fingerprint density at radius 1 is 1.08 bits per heavy atom. The van der Waals surface area contributed by atoms with E-state index in [4.69, 9.17) is 39.5 Å². The van der Waals surface area contributed by atoms with Crippen LogP contribution in [-0.4, -0.2) is 105 Å². The number of nitrogens with two attached hydrogens (primary N) is 2. The van der Waals surface area contributed by atoms with Crippen LogP contribution in [0.25, 0.3) is 11.2 Å². The van der Waals surface area contributed by atoms with Crippen LogP contribution >= 0.6 is 15.6 Å². The van der Waals surface area contributed by atoms with E-state index < -0.39 is 83.0 Å². The second-order valence-electron chi connectivity index (χ2n) is 10.5.